The van der Waals surface area contributed by atoms with Crippen LogP contribution in [-0.2, 0) is 14.3 Å². The normalized spacial score (nSPS) is 20.3. The average molecular weight is 523 g/mol. The zero-order valence-electron chi connectivity index (χ0n) is 16.0. The van der Waals surface area contributed by atoms with Crippen molar-refractivity contribution in [2.45, 2.75) is 20.0 Å². The fraction of sp³-hybridized carbons (Fsp3) is 0.273. The quantitative estimate of drug-likeness (QED) is 0.490. The van der Waals surface area contributed by atoms with Crippen LogP contribution in [-0.4, -0.2) is 11.9 Å². The molecule has 7 heteroatoms. The van der Waals surface area contributed by atoms with Gasteiger partial charge >= 0.3 is 5.97 Å². The van der Waals surface area contributed by atoms with E-state index in [1.54, 1.807) is 24.3 Å². The summed E-state index contributed by atoms with van der Waals surface area (Å²) in [6.07, 6.45) is 0.731. The molecule has 1 fully saturated rings. The molecule has 0 aromatic heterocycles. The Kier molecular flexibility index (Phi) is 6.49. The lowest BCUT2D eigenvalue weighted by atomic mass is 10.1. The van der Waals surface area contributed by atoms with Gasteiger partial charge in [0.25, 0.3) is 5.91 Å². The highest BCUT2D eigenvalue weighted by molar-refractivity contribution is 9.28. The first-order valence-corrected chi connectivity index (χ1v) is 10.6. The van der Waals surface area contributed by atoms with Gasteiger partial charge in [-0.15, -0.1) is 0 Å². The van der Waals surface area contributed by atoms with Crippen molar-refractivity contribution < 1.29 is 19.1 Å². The number of esters is 1. The van der Waals surface area contributed by atoms with Gasteiger partial charge in [0.1, 0.15) is 11.5 Å². The van der Waals surface area contributed by atoms with Gasteiger partial charge in [-0.2, -0.15) is 0 Å². The molecular weight excluding hydrogens is 502 g/mol. The zero-order valence-corrected chi connectivity index (χ0v) is 19.1. The van der Waals surface area contributed by atoms with Crippen molar-refractivity contribution in [1.29, 1.82) is 0 Å². The van der Waals surface area contributed by atoms with E-state index in [1.165, 1.54) is 0 Å². The summed E-state index contributed by atoms with van der Waals surface area (Å²) in [5.41, 5.74) is 5.74. The molecule has 1 aliphatic carbocycles. The van der Waals surface area contributed by atoms with Gasteiger partial charge in [0.15, 0.2) is 0 Å². The molecule has 0 radical (unpaired) electrons. The fourth-order valence-corrected chi connectivity index (χ4v) is 3.99. The molecule has 1 aliphatic rings. The monoisotopic (exact) mass is 521 g/mol. The van der Waals surface area contributed by atoms with Crippen molar-refractivity contribution in [3.63, 3.8) is 0 Å². The maximum Gasteiger partial charge on any atom is 0.311 e. The summed E-state index contributed by atoms with van der Waals surface area (Å²) in [6, 6.07) is 16.1. The second kappa shape index (κ2) is 8.71. The molecule has 2 aromatic rings. The second-order valence-electron chi connectivity index (χ2n) is 7.49. The summed E-state index contributed by atoms with van der Waals surface area (Å²) in [6.45, 7) is 3.97. The van der Waals surface area contributed by atoms with Crippen molar-refractivity contribution in [3.05, 3.63) is 69.6 Å². The van der Waals surface area contributed by atoms with Gasteiger partial charge in [0.05, 0.1) is 9.31 Å². The topological polar surface area (TPSA) is 78.6 Å². The van der Waals surface area contributed by atoms with Crippen LogP contribution in [0.2, 0.25) is 0 Å². The second-order valence-corrected chi connectivity index (χ2v) is 10.3. The number of carbonyl (C=O) groups is 2. The molecule has 0 unspecified atom stereocenters. The van der Waals surface area contributed by atoms with E-state index < -0.39 is 18.0 Å². The van der Waals surface area contributed by atoms with Crippen LogP contribution in [0, 0.1) is 17.3 Å². The SMILES string of the molecule is CC1(C)[C@H](C(=O)O[C@H](C(N)=O)c2cccc(Oc3ccccc3)c2)[C@@H]1C=C(Br)Br. The molecule has 3 atom stereocenters. The standard InChI is InChI=1S/C22H21Br2NO4/c1-22(2)16(12-17(23)24)18(22)21(27)29-19(20(25)26)13-7-6-10-15(11-13)28-14-8-4-3-5-9-14/h3-12,16,18-19H,1-2H3,(H2,25,26)/t16-,18-,19-/m0/s1. The zero-order chi connectivity index (χ0) is 21.2. The molecule has 152 valence electrons. The number of amides is 1. The van der Waals surface area contributed by atoms with Crippen molar-refractivity contribution in [2.24, 2.45) is 23.0 Å². The molecule has 1 amide bonds. The smallest absolute Gasteiger partial charge is 0.311 e. The third-order valence-corrected chi connectivity index (χ3v) is 5.63. The van der Waals surface area contributed by atoms with Crippen molar-refractivity contribution in [3.8, 4) is 11.5 Å². The fourth-order valence-electron chi connectivity index (χ4n) is 3.42. The molecule has 0 aliphatic heterocycles. The number of nitrogens with two attached hydrogens (primary N) is 1. The summed E-state index contributed by atoms with van der Waals surface area (Å²) >= 11 is 6.65. The summed E-state index contributed by atoms with van der Waals surface area (Å²) in [4.78, 5) is 24.8. The minimum Gasteiger partial charge on any atom is -0.457 e. The van der Waals surface area contributed by atoms with Crippen LogP contribution in [0.4, 0.5) is 0 Å². The number of benzene rings is 2. The average Bonchev–Trinajstić information content (AvgIpc) is 3.19. The highest BCUT2D eigenvalue weighted by Gasteiger charge is 2.62. The number of hydrogen-bond donors (Lipinski definition) is 1. The number of rotatable bonds is 7. The van der Waals surface area contributed by atoms with Gasteiger partial charge < -0.3 is 15.2 Å². The molecule has 2 aromatic carbocycles. The van der Waals surface area contributed by atoms with Crippen LogP contribution in [0.15, 0.2) is 64.1 Å². The number of primary amides is 1. The Morgan fingerprint density at radius 1 is 1.07 bits per heavy atom. The Morgan fingerprint density at radius 3 is 2.34 bits per heavy atom. The summed E-state index contributed by atoms with van der Waals surface area (Å²) in [5.74, 6) is -0.347. The van der Waals surface area contributed by atoms with E-state index in [0.29, 0.717) is 17.1 Å². The lowest BCUT2D eigenvalue weighted by Gasteiger charge is -2.16. The van der Waals surface area contributed by atoms with Crippen molar-refractivity contribution in [1.82, 2.24) is 0 Å². The number of para-hydroxylation sites is 1. The van der Waals surface area contributed by atoms with Crippen LogP contribution in [0.5, 0.6) is 11.5 Å². The third-order valence-electron chi connectivity index (χ3n) is 5.10. The van der Waals surface area contributed by atoms with Gasteiger partial charge in [0.2, 0.25) is 6.10 Å². The van der Waals surface area contributed by atoms with Gasteiger partial charge in [-0.3, -0.25) is 9.59 Å². The first-order valence-electron chi connectivity index (χ1n) is 9.05. The van der Waals surface area contributed by atoms with Crippen molar-refractivity contribution in [2.75, 3.05) is 0 Å². The Hall–Kier alpha value is -2.12. The predicted molar refractivity (Wildman–Crippen MR) is 118 cm³/mol. The van der Waals surface area contributed by atoms with E-state index in [9.17, 15) is 9.59 Å². The Morgan fingerprint density at radius 2 is 1.72 bits per heavy atom. The molecule has 5 nitrogen and oxygen atoms in total. The van der Waals surface area contributed by atoms with Gasteiger partial charge in [-0.1, -0.05) is 50.3 Å². The van der Waals surface area contributed by atoms with Crippen molar-refractivity contribution >= 4 is 43.7 Å². The van der Waals surface area contributed by atoms with Crippen LogP contribution >= 0.6 is 31.9 Å². The first kappa shape index (κ1) is 21.6. The van der Waals surface area contributed by atoms with Crippen LogP contribution < -0.4 is 10.5 Å². The number of allylic oxidation sites excluding steroid dienone is 1. The van der Waals surface area contributed by atoms with E-state index >= 15 is 0 Å². The Balaban J connectivity index is 1.77. The van der Waals surface area contributed by atoms with Gasteiger partial charge in [0, 0.05) is 5.56 Å². The van der Waals surface area contributed by atoms with Gasteiger partial charge in [-0.05, 0) is 67.5 Å². The molecule has 0 saturated heterocycles. The largest absolute Gasteiger partial charge is 0.457 e. The highest BCUT2D eigenvalue weighted by Crippen LogP contribution is 2.60. The Labute approximate surface area is 186 Å². The molecule has 0 heterocycles. The minimum absolute atomic E-state index is 0.00465. The van der Waals surface area contributed by atoms with Crippen LogP contribution in [0.1, 0.15) is 25.5 Å². The number of hydrogen-bond acceptors (Lipinski definition) is 4. The van der Waals surface area contributed by atoms with Gasteiger partial charge in [-0.25, -0.2) is 0 Å². The Bertz CT molecular complexity index is 939. The highest BCUT2D eigenvalue weighted by atomic mass is 79.9. The minimum atomic E-state index is -1.18. The van der Waals surface area contributed by atoms with E-state index in [4.69, 9.17) is 15.2 Å². The molecule has 2 N–H and O–H groups in total. The predicted octanol–water partition coefficient (Wildman–Crippen LogP) is 5.45. The molecule has 0 spiro atoms. The first-order chi connectivity index (χ1) is 13.7. The lowest BCUT2D eigenvalue weighted by molar-refractivity contribution is -0.157. The van der Waals surface area contributed by atoms with E-state index in [1.807, 2.05) is 50.3 Å². The third kappa shape index (κ3) is 5.08. The summed E-state index contributed by atoms with van der Waals surface area (Å²) < 4.78 is 12.1. The van der Waals surface area contributed by atoms with E-state index in [-0.39, 0.29) is 17.3 Å². The van der Waals surface area contributed by atoms with E-state index in [2.05, 4.69) is 31.9 Å². The molecule has 29 heavy (non-hydrogen) atoms. The maximum absolute atomic E-state index is 12.8. The lowest BCUT2D eigenvalue weighted by Crippen LogP contribution is -2.27. The molecular formula is C22H21Br2NO4. The molecule has 0 bridgehead atoms. The number of halogens is 2. The number of carbonyl (C=O) groups excluding carboxylic acids is 2. The molecule has 1 saturated carbocycles. The summed E-state index contributed by atoms with van der Waals surface area (Å²) in [5, 5.41) is 0. The maximum atomic E-state index is 12.8. The molecule has 3 rings (SSSR count). The van der Waals surface area contributed by atoms with E-state index in [0.717, 1.165) is 3.39 Å². The van der Waals surface area contributed by atoms with Crippen LogP contribution in [0.3, 0.4) is 0 Å². The number of ether oxygens (including phenoxy) is 2. The summed E-state index contributed by atoms with van der Waals surface area (Å²) in [7, 11) is 0. The van der Waals surface area contributed by atoms with Crippen LogP contribution in [0.25, 0.3) is 0 Å².